The fourth-order valence-corrected chi connectivity index (χ4v) is 2.80. The van der Waals surface area contributed by atoms with Crippen molar-refractivity contribution in [3.05, 3.63) is 63.9 Å². The number of carbonyl (C=O) groups is 2. The number of nitrogens with two attached hydrogens (primary N) is 1. The highest BCUT2D eigenvalue weighted by Crippen LogP contribution is 2.29. The number of rotatable bonds is 5. The molecule has 0 radical (unpaired) electrons. The Hall–Kier alpha value is -2.99. The molecule has 2 rings (SSSR count). The van der Waals surface area contributed by atoms with Crippen LogP contribution in [0.2, 0.25) is 5.02 Å². The Labute approximate surface area is 172 Å². The van der Waals surface area contributed by atoms with Gasteiger partial charge in [-0.05, 0) is 62.7 Å². The summed E-state index contributed by atoms with van der Waals surface area (Å²) in [6, 6.07) is 8.16. The predicted molar refractivity (Wildman–Crippen MR) is 106 cm³/mol. The van der Waals surface area contributed by atoms with E-state index in [0.717, 1.165) is 12.1 Å². The summed E-state index contributed by atoms with van der Waals surface area (Å²) >= 11 is 6.15. The first kappa shape index (κ1) is 22.3. The van der Waals surface area contributed by atoms with Crippen LogP contribution in [-0.4, -0.2) is 33.6 Å². The van der Waals surface area contributed by atoms with Gasteiger partial charge in [0.25, 0.3) is 11.8 Å². The lowest BCUT2D eigenvalue weighted by Gasteiger charge is -2.32. The molecule has 0 saturated carbocycles. The molecule has 7 nitrogen and oxygen atoms in total. The minimum Gasteiger partial charge on any atom is -0.388 e. The van der Waals surface area contributed by atoms with E-state index in [4.69, 9.17) is 22.7 Å². The Morgan fingerprint density at radius 2 is 1.86 bits per heavy atom. The number of hydrazine groups is 1. The van der Waals surface area contributed by atoms with E-state index in [1.54, 1.807) is 6.92 Å². The maximum Gasteiger partial charge on any atom is 0.274 e. The van der Waals surface area contributed by atoms with Crippen LogP contribution in [-0.2, 0) is 4.79 Å². The van der Waals surface area contributed by atoms with Crippen LogP contribution >= 0.6 is 11.6 Å². The number of hydrogen-bond acceptors (Lipinski definition) is 6. The van der Waals surface area contributed by atoms with E-state index in [1.165, 1.54) is 38.1 Å². The van der Waals surface area contributed by atoms with Crippen LogP contribution in [0, 0.1) is 24.1 Å². The Morgan fingerprint density at radius 1 is 1.28 bits per heavy atom. The molecule has 0 aliphatic heterocycles. The highest BCUT2D eigenvalue weighted by molar-refractivity contribution is 6.32. The average molecular weight is 419 g/mol. The number of imide groups is 1. The minimum atomic E-state index is -1.62. The van der Waals surface area contributed by atoms with Crippen LogP contribution in [0.1, 0.15) is 35.3 Å². The molecule has 0 fully saturated rings. The van der Waals surface area contributed by atoms with Crippen molar-refractivity contribution >= 4 is 29.1 Å². The van der Waals surface area contributed by atoms with Crippen LogP contribution < -0.4 is 11.2 Å². The summed E-state index contributed by atoms with van der Waals surface area (Å²) in [5.74, 6) is 3.40. The van der Waals surface area contributed by atoms with Gasteiger partial charge >= 0.3 is 0 Å². The molecular weight excluding hydrogens is 399 g/mol. The van der Waals surface area contributed by atoms with Gasteiger partial charge in [-0.25, -0.2) is 15.2 Å². The Kier molecular flexibility index (Phi) is 6.59. The summed E-state index contributed by atoms with van der Waals surface area (Å²) in [6.45, 7) is 4.39. The van der Waals surface area contributed by atoms with Gasteiger partial charge < -0.3 is 10.4 Å². The molecule has 1 unspecified atom stereocenters. The first-order valence-electron chi connectivity index (χ1n) is 8.54. The van der Waals surface area contributed by atoms with Crippen molar-refractivity contribution in [3.8, 4) is 6.07 Å². The molecule has 0 heterocycles. The average Bonchev–Trinajstić information content (AvgIpc) is 2.67. The highest BCUT2D eigenvalue weighted by atomic mass is 35.5. The predicted octanol–water partition coefficient (Wildman–Crippen LogP) is 2.75. The molecular formula is C20H20ClFN4O3. The zero-order valence-electron chi connectivity index (χ0n) is 16.0. The number of nitrogens with one attached hydrogen (secondary N) is 1. The zero-order valence-corrected chi connectivity index (χ0v) is 16.8. The monoisotopic (exact) mass is 418 g/mol. The topological polar surface area (TPSA) is 119 Å². The summed E-state index contributed by atoms with van der Waals surface area (Å²) in [4.78, 5) is 25.4. The van der Waals surface area contributed by atoms with Gasteiger partial charge in [0.15, 0.2) is 0 Å². The minimum absolute atomic E-state index is 0.00865. The molecule has 29 heavy (non-hydrogen) atoms. The van der Waals surface area contributed by atoms with Crippen molar-refractivity contribution in [3.63, 3.8) is 0 Å². The number of aliphatic hydroxyl groups is 1. The van der Waals surface area contributed by atoms with Crippen LogP contribution in [0.3, 0.4) is 0 Å². The zero-order chi connectivity index (χ0) is 21.9. The van der Waals surface area contributed by atoms with E-state index in [0.29, 0.717) is 16.3 Å². The third-order valence-corrected chi connectivity index (χ3v) is 4.79. The molecule has 2 amide bonds. The molecule has 0 aliphatic rings. The number of anilines is 1. The Bertz CT molecular complexity index is 981. The van der Waals surface area contributed by atoms with Crippen LogP contribution in [0.5, 0.6) is 0 Å². The normalized spacial score (nSPS) is 12.1. The maximum absolute atomic E-state index is 13.1. The van der Waals surface area contributed by atoms with Gasteiger partial charge in [-0.1, -0.05) is 11.6 Å². The van der Waals surface area contributed by atoms with Crippen LogP contribution in [0.25, 0.3) is 0 Å². The largest absolute Gasteiger partial charge is 0.388 e. The van der Waals surface area contributed by atoms with E-state index in [1.807, 2.05) is 6.07 Å². The third kappa shape index (κ3) is 4.90. The van der Waals surface area contributed by atoms with Gasteiger partial charge in [0.2, 0.25) is 0 Å². The molecule has 0 aromatic heterocycles. The summed E-state index contributed by atoms with van der Waals surface area (Å²) in [6.07, 6.45) is 0. The lowest BCUT2D eigenvalue weighted by molar-refractivity contribution is -0.134. The van der Waals surface area contributed by atoms with Gasteiger partial charge in [-0.3, -0.25) is 9.59 Å². The lowest BCUT2D eigenvalue weighted by Crippen LogP contribution is -2.57. The van der Waals surface area contributed by atoms with Gasteiger partial charge in [0.1, 0.15) is 17.9 Å². The molecule has 0 saturated heterocycles. The molecule has 152 valence electrons. The molecule has 2 aromatic rings. The van der Waals surface area contributed by atoms with Crippen LogP contribution in [0.15, 0.2) is 36.4 Å². The van der Waals surface area contributed by atoms with Gasteiger partial charge in [0, 0.05) is 11.3 Å². The van der Waals surface area contributed by atoms with Crippen molar-refractivity contribution in [2.24, 2.45) is 5.84 Å². The number of benzene rings is 2. The van der Waals surface area contributed by atoms with E-state index in [-0.39, 0.29) is 16.1 Å². The summed E-state index contributed by atoms with van der Waals surface area (Å²) < 4.78 is 13.1. The summed E-state index contributed by atoms with van der Waals surface area (Å²) in [5, 5.41) is 23.0. The summed E-state index contributed by atoms with van der Waals surface area (Å²) in [5.41, 5.74) is -0.481. The molecule has 0 bridgehead atoms. The van der Waals surface area contributed by atoms with E-state index in [9.17, 15) is 19.1 Å². The molecule has 0 spiro atoms. The number of amides is 2. The van der Waals surface area contributed by atoms with Gasteiger partial charge in [-0.15, -0.1) is 0 Å². The van der Waals surface area contributed by atoms with Crippen molar-refractivity contribution in [2.75, 3.05) is 5.32 Å². The fourth-order valence-electron chi connectivity index (χ4n) is 2.59. The number of hydrogen-bond donors (Lipinski definition) is 3. The van der Waals surface area contributed by atoms with E-state index >= 15 is 0 Å². The number of nitrogens with zero attached hydrogens (tertiary/aromatic N) is 2. The lowest BCUT2D eigenvalue weighted by atomic mass is 9.96. The second kappa shape index (κ2) is 8.57. The second-order valence-electron chi connectivity index (χ2n) is 6.96. The second-order valence-corrected chi connectivity index (χ2v) is 7.34. The fraction of sp³-hybridized carbons (Fsp3) is 0.250. The Balaban J connectivity index is 2.34. The van der Waals surface area contributed by atoms with Crippen molar-refractivity contribution < 1.29 is 19.1 Å². The van der Waals surface area contributed by atoms with E-state index < -0.39 is 29.3 Å². The van der Waals surface area contributed by atoms with Crippen LogP contribution in [0.4, 0.5) is 10.1 Å². The smallest absolute Gasteiger partial charge is 0.274 e. The van der Waals surface area contributed by atoms with Crippen molar-refractivity contribution in [2.45, 2.75) is 32.4 Å². The van der Waals surface area contributed by atoms with E-state index in [2.05, 4.69) is 5.32 Å². The number of halogens is 2. The van der Waals surface area contributed by atoms with Gasteiger partial charge in [0.05, 0.1) is 16.2 Å². The van der Waals surface area contributed by atoms with Gasteiger partial charge in [-0.2, -0.15) is 5.26 Å². The third-order valence-electron chi connectivity index (χ3n) is 4.31. The van der Waals surface area contributed by atoms with Crippen molar-refractivity contribution in [1.82, 2.24) is 5.01 Å². The SMILES string of the molecule is Cc1c(NC(C(=O)N(N)C(=O)c2ccc(F)cc2)C(C)(C)O)ccc(C#N)c1Cl. The van der Waals surface area contributed by atoms with Crippen molar-refractivity contribution in [1.29, 1.82) is 5.26 Å². The quantitative estimate of drug-likeness (QED) is 0.390. The molecule has 0 aliphatic carbocycles. The number of carbonyl (C=O) groups excluding carboxylic acids is 2. The molecule has 4 N–H and O–H groups in total. The highest BCUT2D eigenvalue weighted by Gasteiger charge is 2.38. The maximum atomic E-state index is 13.1. The summed E-state index contributed by atoms with van der Waals surface area (Å²) in [7, 11) is 0. The Morgan fingerprint density at radius 3 is 2.38 bits per heavy atom. The molecule has 9 heteroatoms. The standard InChI is InChI=1S/C20H20ClFN4O3/c1-11-15(9-6-13(10-23)16(11)21)25-17(20(2,3)29)19(28)26(24)18(27)12-4-7-14(22)8-5-12/h4-9,17,25,29H,24H2,1-3H3. The number of nitriles is 1. The molecule has 2 aromatic carbocycles. The first-order chi connectivity index (χ1) is 13.5. The molecule has 1 atom stereocenters. The first-order valence-corrected chi connectivity index (χ1v) is 8.91.